The highest BCUT2D eigenvalue weighted by molar-refractivity contribution is 8.00. The van der Waals surface area contributed by atoms with Gasteiger partial charge in [-0.15, -0.1) is 21.5 Å². The molecule has 0 saturated carbocycles. The number of carbonyl (C=O) groups excluding carboxylic acids is 1. The Bertz CT molecular complexity index is 927. The van der Waals surface area contributed by atoms with Crippen molar-refractivity contribution in [1.29, 1.82) is 0 Å². The first-order valence-electron chi connectivity index (χ1n) is 7.90. The van der Waals surface area contributed by atoms with Crippen molar-refractivity contribution in [2.75, 3.05) is 10.6 Å². The number of nitrogen functional groups attached to an aromatic ring is 1. The second-order valence-electron chi connectivity index (χ2n) is 5.92. The molecule has 9 heteroatoms. The van der Waals surface area contributed by atoms with Gasteiger partial charge in [-0.25, -0.2) is 4.98 Å². The highest BCUT2D eigenvalue weighted by atomic mass is 32.2. The molecule has 3 rings (SSSR count). The number of thioether (sulfide) groups is 1. The van der Waals surface area contributed by atoms with E-state index in [1.54, 1.807) is 11.8 Å². The van der Waals surface area contributed by atoms with Gasteiger partial charge in [-0.3, -0.25) is 9.69 Å². The summed E-state index contributed by atoms with van der Waals surface area (Å²) in [5.74, 6) is 0.605. The van der Waals surface area contributed by atoms with Crippen LogP contribution in [0.15, 0.2) is 21.9 Å². The summed E-state index contributed by atoms with van der Waals surface area (Å²) in [5, 5.41) is 10.9. The Labute approximate surface area is 164 Å². The van der Waals surface area contributed by atoms with Gasteiger partial charge in [0.15, 0.2) is 9.47 Å². The first-order chi connectivity index (χ1) is 12.3. The molecular formula is C17H19N5OS3. The van der Waals surface area contributed by atoms with E-state index in [9.17, 15) is 4.79 Å². The average molecular weight is 406 g/mol. The van der Waals surface area contributed by atoms with Crippen LogP contribution in [-0.4, -0.2) is 21.1 Å². The third kappa shape index (κ3) is 4.05. The van der Waals surface area contributed by atoms with Crippen molar-refractivity contribution in [2.45, 2.75) is 37.8 Å². The number of nitrogens with zero attached hydrogens (tertiary/aromatic N) is 4. The second-order valence-corrected chi connectivity index (χ2v) is 8.99. The molecule has 1 amide bonds. The monoisotopic (exact) mass is 405 g/mol. The van der Waals surface area contributed by atoms with Crippen LogP contribution >= 0.6 is 34.4 Å². The second kappa shape index (κ2) is 7.73. The van der Waals surface area contributed by atoms with Crippen LogP contribution in [0.4, 0.5) is 16.0 Å². The smallest absolute Gasteiger partial charge is 0.230 e. The molecular weight excluding hydrogens is 386 g/mol. The molecule has 0 bridgehead atoms. The van der Waals surface area contributed by atoms with Crippen LogP contribution in [0, 0.1) is 20.8 Å². The van der Waals surface area contributed by atoms with E-state index in [1.807, 2.05) is 19.2 Å². The van der Waals surface area contributed by atoms with Gasteiger partial charge < -0.3 is 5.73 Å². The molecule has 0 aliphatic heterocycles. The Morgan fingerprint density at radius 3 is 2.50 bits per heavy atom. The topological polar surface area (TPSA) is 85.0 Å². The molecule has 0 spiro atoms. The predicted octanol–water partition coefficient (Wildman–Crippen LogP) is 4.48. The van der Waals surface area contributed by atoms with Crippen molar-refractivity contribution in [1.82, 2.24) is 15.2 Å². The summed E-state index contributed by atoms with van der Waals surface area (Å²) in [7, 11) is 0. The molecule has 0 saturated heterocycles. The Morgan fingerprint density at radius 2 is 1.92 bits per heavy atom. The Kier molecular flexibility index (Phi) is 5.59. The molecule has 0 radical (unpaired) electrons. The fourth-order valence-corrected chi connectivity index (χ4v) is 5.30. The molecule has 6 nitrogen and oxygen atoms in total. The third-order valence-corrected chi connectivity index (χ3v) is 6.46. The van der Waals surface area contributed by atoms with Gasteiger partial charge in [0.25, 0.3) is 0 Å². The average Bonchev–Trinajstić information content (AvgIpc) is 3.17. The lowest BCUT2D eigenvalue weighted by molar-refractivity contribution is -0.115. The van der Waals surface area contributed by atoms with E-state index in [0.29, 0.717) is 16.0 Å². The maximum Gasteiger partial charge on any atom is 0.230 e. The molecule has 2 heterocycles. The lowest BCUT2D eigenvalue weighted by Gasteiger charge is -2.23. The fraction of sp³-hybridized carbons (Fsp3) is 0.294. The number of hydrogen-bond donors (Lipinski definition) is 1. The van der Waals surface area contributed by atoms with E-state index >= 15 is 0 Å². The number of thiazole rings is 1. The molecule has 2 N–H and O–H groups in total. The first-order valence-corrected chi connectivity index (χ1v) is 10.6. The van der Waals surface area contributed by atoms with Crippen molar-refractivity contribution in [3.05, 3.63) is 39.9 Å². The molecule has 0 aliphatic carbocycles. The molecule has 3 aromatic rings. The Morgan fingerprint density at radius 1 is 1.23 bits per heavy atom. The summed E-state index contributed by atoms with van der Waals surface area (Å²) in [6, 6.07) is 4.17. The van der Waals surface area contributed by atoms with Crippen LogP contribution in [0.2, 0.25) is 0 Å². The van der Waals surface area contributed by atoms with Crippen molar-refractivity contribution in [3.8, 4) is 0 Å². The Balaban J connectivity index is 1.86. The number of anilines is 3. The molecule has 0 aliphatic rings. The molecule has 0 unspecified atom stereocenters. The number of nitrogens with two attached hydrogens (primary N) is 1. The maximum atomic E-state index is 12.4. The van der Waals surface area contributed by atoms with Gasteiger partial charge in [0.05, 0.1) is 11.4 Å². The summed E-state index contributed by atoms with van der Waals surface area (Å²) in [5.41, 5.74) is 10.7. The standard InChI is InChI=1S/C17H19N5OS3/c1-9-5-10(2)14(11(3)6-9)22(12(4)23)16-19-13(7-24-16)8-25-17-21-20-15(18)26-17/h5-7H,8H2,1-4H3,(H2,18,20). The van der Waals surface area contributed by atoms with Gasteiger partial charge in [-0.1, -0.05) is 40.8 Å². The fourth-order valence-electron chi connectivity index (χ4n) is 2.79. The minimum absolute atomic E-state index is 0.0505. The number of aromatic nitrogens is 3. The van der Waals surface area contributed by atoms with Gasteiger partial charge >= 0.3 is 0 Å². The SMILES string of the molecule is CC(=O)N(c1nc(CSc2nnc(N)s2)cs1)c1c(C)cc(C)cc1C. The largest absolute Gasteiger partial charge is 0.374 e. The number of benzene rings is 1. The van der Waals surface area contributed by atoms with E-state index in [1.165, 1.54) is 40.0 Å². The van der Waals surface area contributed by atoms with Gasteiger partial charge in [0.1, 0.15) is 0 Å². The third-order valence-electron chi connectivity index (χ3n) is 3.67. The van der Waals surface area contributed by atoms with Gasteiger partial charge in [-0.2, -0.15) is 0 Å². The van der Waals surface area contributed by atoms with E-state index in [-0.39, 0.29) is 5.91 Å². The highest BCUT2D eigenvalue weighted by Gasteiger charge is 2.22. The van der Waals surface area contributed by atoms with Gasteiger partial charge in [-0.05, 0) is 31.9 Å². The zero-order valence-corrected chi connectivity index (χ0v) is 17.4. The highest BCUT2D eigenvalue weighted by Crippen LogP contribution is 2.35. The normalized spacial score (nSPS) is 10.9. The van der Waals surface area contributed by atoms with Gasteiger partial charge in [0.2, 0.25) is 11.0 Å². The van der Waals surface area contributed by atoms with E-state index in [0.717, 1.165) is 26.8 Å². The summed E-state index contributed by atoms with van der Waals surface area (Å²) >= 11 is 4.36. The van der Waals surface area contributed by atoms with Crippen LogP contribution in [0.3, 0.4) is 0 Å². The maximum absolute atomic E-state index is 12.4. The lowest BCUT2D eigenvalue weighted by atomic mass is 10.0. The molecule has 136 valence electrons. The zero-order valence-electron chi connectivity index (χ0n) is 14.9. The van der Waals surface area contributed by atoms with Crippen LogP contribution in [0.25, 0.3) is 0 Å². The van der Waals surface area contributed by atoms with E-state index in [2.05, 4.69) is 34.2 Å². The summed E-state index contributed by atoms with van der Waals surface area (Å²) in [6.07, 6.45) is 0. The van der Waals surface area contributed by atoms with Crippen molar-refractivity contribution >= 4 is 56.3 Å². The van der Waals surface area contributed by atoms with Gasteiger partial charge in [0, 0.05) is 18.1 Å². The molecule has 2 aromatic heterocycles. The predicted molar refractivity (Wildman–Crippen MR) is 109 cm³/mol. The minimum atomic E-state index is -0.0505. The molecule has 0 atom stereocenters. The van der Waals surface area contributed by atoms with Crippen LogP contribution in [-0.2, 0) is 10.5 Å². The van der Waals surface area contributed by atoms with Crippen molar-refractivity contribution < 1.29 is 4.79 Å². The van der Waals surface area contributed by atoms with E-state index in [4.69, 9.17) is 5.73 Å². The molecule has 0 fully saturated rings. The number of rotatable bonds is 5. The molecule has 1 aromatic carbocycles. The van der Waals surface area contributed by atoms with Crippen LogP contribution < -0.4 is 10.6 Å². The summed E-state index contributed by atoms with van der Waals surface area (Å²) in [6.45, 7) is 7.67. The number of carbonyl (C=O) groups is 1. The van der Waals surface area contributed by atoms with Crippen LogP contribution in [0.1, 0.15) is 29.3 Å². The summed E-state index contributed by atoms with van der Waals surface area (Å²) in [4.78, 5) is 18.7. The molecule has 26 heavy (non-hydrogen) atoms. The number of amides is 1. The Hall–Kier alpha value is -1.97. The summed E-state index contributed by atoms with van der Waals surface area (Å²) < 4.78 is 0.811. The first kappa shape index (κ1) is 18.8. The van der Waals surface area contributed by atoms with E-state index < -0.39 is 0 Å². The lowest BCUT2D eigenvalue weighted by Crippen LogP contribution is -2.24. The van der Waals surface area contributed by atoms with Crippen molar-refractivity contribution in [3.63, 3.8) is 0 Å². The quantitative estimate of drug-likeness (QED) is 0.630. The number of hydrogen-bond acceptors (Lipinski definition) is 8. The minimum Gasteiger partial charge on any atom is -0.374 e. The van der Waals surface area contributed by atoms with Crippen molar-refractivity contribution in [2.24, 2.45) is 0 Å². The number of aryl methyl sites for hydroxylation is 3. The zero-order chi connectivity index (χ0) is 18.8. The van der Waals surface area contributed by atoms with Crippen LogP contribution in [0.5, 0.6) is 0 Å².